The van der Waals surface area contributed by atoms with Crippen molar-refractivity contribution in [2.75, 3.05) is 18.4 Å². The van der Waals surface area contributed by atoms with E-state index in [2.05, 4.69) is 10.6 Å². The molecule has 19 heavy (non-hydrogen) atoms. The van der Waals surface area contributed by atoms with E-state index in [9.17, 15) is 9.59 Å². The molecular weight excluding hydrogens is 246 g/mol. The van der Waals surface area contributed by atoms with Crippen molar-refractivity contribution < 1.29 is 14.7 Å². The Morgan fingerprint density at radius 3 is 2.74 bits per heavy atom. The summed E-state index contributed by atoms with van der Waals surface area (Å²) in [5.41, 5.74) is 0.879. The number of hydrogen-bond acceptors (Lipinski definition) is 4. The van der Waals surface area contributed by atoms with Gasteiger partial charge in [-0.25, -0.2) is 0 Å². The van der Waals surface area contributed by atoms with Crippen LogP contribution in [0, 0.1) is 11.3 Å². The van der Waals surface area contributed by atoms with E-state index in [-0.39, 0.29) is 18.9 Å². The lowest BCUT2D eigenvalue weighted by atomic mass is 10.2. The molecule has 0 atom stereocenters. The lowest BCUT2D eigenvalue weighted by Gasteiger charge is -2.07. The molecule has 0 heterocycles. The number of anilines is 1. The van der Waals surface area contributed by atoms with Gasteiger partial charge in [-0.1, -0.05) is 12.1 Å². The minimum atomic E-state index is -0.853. The maximum Gasteiger partial charge on any atom is 0.303 e. The molecule has 100 valence electrons. The van der Waals surface area contributed by atoms with Gasteiger partial charge < -0.3 is 15.7 Å². The SMILES string of the molecule is N#Cc1ccccc1NC(=O)CNCCCC(=O)O. The van der Waals surface area contributed by atoms with Crippen LogP contribution in [0.15, 0.2) is 24.3 Å². The number of nitriles is 1. The third-order valence-corrected chi connectivity index (χ3v) is 2.35. The van der Waals surface area contributed by atoms with Gasteiger partial charge in [-0.15, -0.1) is 0 Å². The summed E-state index contributed by atoms with van der Waals surface area (Å²) in [6.45, 7) is 0.541. The Hall–Kier alpha value is -2.39. The van der Waals surface area contributed by atoms with Crippen LogP contribution < -0.4 is 10.6 Å². The van der Waals surface area contributed by atoms with Gasteiger partial charge in [-0.05, 0) is 25.1 Å². The van der Waals surface area contributed by atoms with Gasteiger partial charge in [0.05, 0.1) is 17.8 Å². The van der Waals surface area contributed by atoms with Crippen molar-refractivity contribution in [3.63, 3.8) is 0 Å². The number of carbonyl (C=O) groups is 2. The number of carboxylic acids is 1. The zero-order chi connectivity index (χ0) is 14.1. The van der Waals surface area contributed by atoms with Gasteiger partial charge in [-0.3, -0.25) is 9.59 Å². The molecule has 6 heteroatoms. The maximum absolute atomic E-state index is 11.6. The van der Waals surface area contributed by atoms with E-state index >= 15 is 0 Å². The molecule has 6 nitrogen and oxygen atoms in total. The van der Waals surface area contributed by atoms with Crippen LogP contribution in [0.1, 0.15) is 18.4 Å². The van der Waals surface area contributed by atoms with E-state index in [0.717, 1.165) is 0 Å². The van der Waals surface area contributed by atoms with E-state index in [4.69, 9.17) is 10.4 Å². The molecule has 0 saturated heterocycles. The van der Waals surface area contributed by atoms with Crippen LogP contribution in [-0.4, -0.2) is 30.1 Å². The molecule has 0 unspecified atom stereocenters. The first-order valence-corrected chi connectivity index (χ1v) is 5.85. The van der Waals surface area contributed by atoms with Gasteiger partial charge in [0, 0.05) is 6.42 Å². The molecule has 0 saturated carbocycles. The van der Waals surface area contributed by atoms with Gasteiger partial charge in [-0.2, -0.15) is 5.26 Å². The standard InChI is InChI=1S/C13H15N3O3/c14-8-10-4-1-2-5-11(10)16-12(17)9-15-7-3-6-13(18)19/h1-2,4-5,15H,3,6-7,9H2,(H,16,17)(H,18,19). The highest BCUT2D eigenvalue weighted by atomic mass is 16.4. The molecule has 0 aliphatic carbocycles. The van der Waals surface area contributed by atoms with Gasteiger partial charge in [0.25, 0.3) is 0 Å². The fourth-order valence-electron chi connectivity index (χ4n) is 1.45. The van der Waals surface area contributed by atoms with E-state index in [1.807, 2.05) is 6.07 Å². The van der Waals surface area contributed by atoms with E-state index in [1.54, 1.807) is 24.3 Å². The zero-order valence-corrected chi connectivity index (χ0v) is 10.3. The van der Waals surface area contributed by atoms with Crippen molar-refractivity contribution in [2.45, 2.75) is 12.8 Å². The van der Waals surface area contributed by atoms with Gasteiger partial charge in [0.15, 0.2) is 0 Å². The van der Waals surface area contributed by atoms with Crippen molar-refractivity contribution in [1.29, 1.82) is 5.26 Å². The average Bonchev–Trinajstić information content (AvgIpc) is 2.38. The Balaban J connectivity index is 2.32. The molecule has 3 N–H and O–H groups in total. The first kappa shape index (κ1) is 14.7. The predicted octanol–water partition coefficient (Wildman–Crippen LogP) is 0.951. The number of carbonyl (C=O) groups excluding carboxylic acids is 1. The smallest absolute Gasteiger partial charge is 0.303 e. The second kappa shape index (κ2) is 7.84. The third kappa shape index (κ3) is 5.66. The first-order valence-electron chi connectivity index (χ1n) is 5.85. The first-order chi connectivity index (χ1) is 9.13. The second-order valence-electron chi connectivity index (χ2n) is 3.88. The summed E-state index contributed by atoms with van der Waals surface area (Å²) in [6, 6.07) is 8.72. The highest BCUT2D eigenvalue weighted by molar-refractivity contribution is 5.93. The summed E-state index contributed by atoms with van der Waals surface area (Å²) >= 11 is 0. The normalized spacial score (nSPS) is 9.63. The summed E-state index contributed by atoms with van der Waals surface area (Å²) in [4.78, 5) is 21.8. The van der Waals surface area contributed by atoms with Crippen LogP contribution in [0.3, 0.4) is 0 Å². The lowest BCUT2D eigenvalue weighted by Crippen LogP contribution is -2.29. The average molecular weight is 261 g/mol. The molecule has 0 radical (unpaired) electrons. The summed E-state index contributed by atoms with van der Waals surface area (Å²) in [6.07, 6.45) is 0.545. The number of rotatable bonds is 7. The Morgan fingerprint density at radius 2 is 2.05 bits per heavy atom. The van der Waals surface area contributed by atoms with Crippen molar-refractivity contribution in [3.8, 4) is 6.07 Å². The van der Waals surface area contributed by atoms with Crippen LogP contribution >= 0.6 is 0 Å². The van der Waals surface area contributed by atoms with Crippen LogP contribution in [0.5, 0.6) is 0 Å². The monoisotopic (exact) mass is 261 g/mol. The predicted molar refractivity (Wildman–Crippen MR) is 69.5 cm³/mol. The Kier molecular flexibility index (Phi) is 6.06. The van der Waals surface area contributed by atoms with Crippen LogP contribution in [0.4, 0.5) is 5.69 Å². The zero-order valence-electron chi connectivity index (χ0n) is 10.3. The summed E-state index contributed by atoms with van der Waals surface area (Å²) in [5.74, 6) is -1.12. The van der Waals surface area contributed by atoms with Crippen LogP contribution in [-0.2, 0) is 9.59 Å². The maximum atomic E-state index is 11.6. The van der Waals surface area contributed by atoms with Gasteiger partial charge in [0.2, 0.25) is 5.91 Å². The number of carboxylic acid groups (broad SMARTS) is 1. The highest BCUT2D eigenvalue weighted by Gasteiger charge is 2.05. The summed E-state index contributed by atoms with van der Waals surface area (Å²) in [5, 5.41) is 22.8. The Morgan fingerprint density at radius 1 is 1.32 bits per heavy atom. The number of nitrogens with one attached hydrogen (secondary N) is 2. The van der Waals surface area contributed by atoms with Crippen LogP contribution in [0.2, 0.25) is 0 Å². The van der Waals surface area contributed by atoms with Crippen molar-refractivity contribution in [1.82, 2.24) is 5.32 Å². The molecule has 0 aliphatic heterocycles. The number of aliphatic carboxylic acids is 1. The number of benzene rings is 1. The molecule has 0 spiro atoms. The van der Waals surface area contributed by atoms with E-state index in [1.165, 1.54) is 0 Å². The topological polar surface area (TPSA) is 102 Å². The van der Waals surface area contributed by atoms with Gasteiger partial charge in [0.1, 0.15) is 6.07 Å². The highest BCUT2D eigenvalue weighted by Crippen LogP contribution is 2.12. The molecule has 1 rings (SSSR count). The fourth-order valence-corrected chi connectivity index (χ4v) is 1.45. The molecule has 0 aromatic heterocycles. The molecule has 0 fully saturated rings. The minimum Gasteiger partial charge on any atom is -0.481 e. The van der Waals surface area contributed by atoms with Crippen LogP contribution in [0.25, 0.3) is 0 Å². The van der Waals surface area contributed by atoms with Crippen molar-refractivity contribution >= 4 is 17.6 Å². The third-order valence-electron chi connectivity index (χ3n) is 2.35. The number of para-hydroxylation sites is 1. The largest absolute Gasteiger partial charge is 0.481 e. The van der Waals surface area contributed by atoms with Gasteiger partial charge >= 0.3 is 5.97 Å². The van der Waals surface area contributed by atoms with Crippen molar-refractivity contribution in [3.05, 3.63) is 29.8 Å². The number of nitrogens with zero attached hydrogens (tertiary/aromatic N) is 1. The Bertz CT molecular complexity index is 494. The van der Waals surface area contributed by atoms with Crippen molar-refractivity contribution in [2.24, 2.45) is 0 Å². The number of hydrogen-bond donors (Lipinski definition) is 3. The fraction of sp³-hybridized carbons (Fsp3) is 0.308. The molecular formula is C13H15N3O3. The molecule has 0 bridgehead atoms. The summed E-state index contributed by atoms with van der Waals surface area (Å²) in [7, 11) is 0. The second-order valence-corrected chi connectivity index (χ2v) is 3.88. The summed E-state index contributed by atoms with van der Waals surface area (Å²) < 4.78 is 0. The molecule has 1 aromatic carbocycles. The minimum absolute atomic E-state index is 0.0753. The molecule has 1 amide bonds. The number of amides is 1. The quantitative estimate of drug-likeness (QED) is 0.634. The Labute approximate surface area is 111 Å². The molecule has 0 aliphatic rings. The molecule has 1 aromatic rings. The lowest BCUT2D eigenvalue weighted by molar-refractivity contribution is -0.137. The van der Waals surface area contributed by atoms with E-state index in [0.29, 0.717) is 24.2 Å². The van der Waals surface area contributed by atoms with E-state index < -0.39 is 5.97 Å².